The summed E-state index contributed by atoms with van der Waals surface area (Å²) in [6.07, 6.45) is 2.71. The van der Waals surface area contributed by atoms with Crippen LogP contribution in [0, 0.1) is 5.92 Å². The van der Waals surface area contributed by atoms with E-state index in [0.29, 0.717) is 17.9 Å². The molecule has 0 amide bonds. The molecule has 0 heterocycles. The second-order valence-electron chi connectivity index (χ2n) is 4.46. The highest BCUT2D eigenvalue weighted by Gasteiger charge is 2.20. The Morgan fingerprint density at radius 1 is 1.39 bits per heavy atom. The van der Waals surface area contributed by atoms with Crippen molar-refractivity contribution in [1.82, 2.24) is 0 Å². The van der Waals surface area contributed by atoms with Crippen molar-refractivity contribution in [3.63, 3.8) is 0 Å². The Bertz CT molecular complexity index is 447. The van der Waals surface area contributed by atoms with Gasteiger partial charge < -0.3 is 0 Å². The van der Waals surface area contributed by atoms with Crippen molar-refractivity contribution in [2.24, 2.45) is 10.9 Å². The first-order valence-electron chi connectivity index (χ1n) is 5.83. The molecular formula is C14H17NOS2. The fourth-order valence-electron chi connectivity index (χ4n) is 1.68. The van der Waals surface area contributed by atoms with Crippen LogP contribution in [0.1, 0.15) is 30.6 Å². The number of carbonyl (C=O) groups is 1. The van der Waals surface area contributed by atoms with Gasteiger partial charge in [0.1, 0.15) is 6.04 Å². The molecule has 0 N–H and O–H groups in total. The van der Waals surface area contributed by atoms with Crippen LogP contribution in [0.4, 0.5) is 0 Å². The van der Waals surface area contributed by atoms with Crippen molar-refractivity contribution in [3.8, 4) is 0 Å². The third kappa shape index (κ3) is 4.37. The van der Waals surface area contributed by atoms with Gasteiger partial charge in [0.2, 0.25) is 0 Å². The molecule has 1 atom stereocenters. The van der Waals surface area contributed by atoms with Gasteiger partial charge in [-0.2, -0.15) is 0 Å². The zero-order valence-corrected chi connectivity index (χ0v) is 12.5. The Morgan fingerprint density at radius 2 is 2.00 bits per heavy atom. The number of hydrogen-bond donors (Lipinski definition) is 0. The van der Waals surface area contributed by atoms with Crippen molar-refractivity contribution in [2.75, 3.05) is 6.26 Å². The molecule has 0 aliphatic heterocycles. The minimum absolute atomic E-state index is 0.0219. The lowest BCUT2D eigenvalue weighted by Gasteiger charge is -2.12. The molecule has 18 heavy (non-hydrogen) atoms. The van der Waals surface area contributed by atoms with E-state index in [2.05, 4.69) is 36.2 Å². The predicted molar refractivity (Wildman–Crippen MR) is 80.8 cm³/mol. The highest BCUT2D eigenvalue weighted by molar-refractivity contribution is 7.98. The molecule has 1 rings (SSSR count). The van der Waals surface area contributed by atoms with E-state index >= 15 is 0 Å². The van der Waals surface area contributed by atoms with Gasteiger partial charge in [-0.15, -0.1) is 11.8 Å². The van der Waals surface area contributed by atoms with Crippen LogP contribution < -0.4 is 0 Å². The van der Waals surface area contributed by atoms with E-state index in [0.717, 1.165) is 4.90 Å². The molecule has 0 radical (unpaired) electrons. The number of carbonyl (C=O) groups excluding carboxylic acids is 1. The number of aliphatic imine (C=N–C) groups is 1. The van der Waals surface area contributed by atoms with E-state index < -0.39 is 6.04 Å². The van der Waals surface area contributed by atoms with Gasteiger partial charge in [-0.1, -0.05) is 26.0 Å². The highest BCUT2D eigenvalue weighted by atomic mass is 32.2. The van der Waals surface area contributed by atoms with Crippen molar-refractivity contribution < 1.29 is 4.79 Å². The van der Waals surface area contributed by atoms with Crippen LogP contribution in [0.25, 0.3) is 0 Å². The number of rotatable bonds is 6. The van der Waals surface area contributed by atoms with E-state index in [4.69, 9.17) is 0 Å². The molecule has 0 aliphatic rings. The summed E-state index contributed by atoms with van der Waals surface area (Å²) in [6, 6.07) is 7.19. The number of hydrogen-bond acceptors (Lipinski definition) is 4. The van der Waals surface area contributed by atoms with E-state index in [-0.39, 0.29) is 5.78 Å². The maximum atomic E-state index is 12.3. The summed E-state index contributed by atoms with van der Waals surface area (Å²) in [6.45, 7) is 4.13. The maximum Gasteiger partial charge on any atom is 0.188 e. The SMILES string of the molecule is CSc1ccc(C(=O)C(CC(C)C)N=C=S)cc1. The Hall–Kier alpha value is -0.960. The van der Waals surface area contributed by atoms with Crippen LogP contribution in [0.2, 0.25) is 0 Å². The second-order valence-corrected chi connectivity index (χ2v) is 5.52. The number of benzene rings is 1. The zero-order chi connectivity index (χ0) is 13.5. The minimum Gasteiger partial charge on any atom is -0.292 e. The van der Waals surface area contributed by atoms with Crippen LogP contribution >= 0.6 is 24.0 Å². The number of nitrogens with zero attached hydrogens (tertiary/aromatic N) is 1. The normalized spacial score (nSPS) is 12.0. The molecule has 1 aromatic rings. The lowest BCUT2D eigenvalue weighted by molar-refractivity contribution is 0.0952. The summed E-state index contributed by atoms with van der Waals surface area (Å²) in [7, 11) is 0. The summed E-state index contributed by atoms with van der Waals surface area (Å²) in [4.78, 5) is 17.4. The van der Waals surface area contributed by atoms with Gasteiger partial charge in [-0.05, 0) is 42.9 Å². The number of thiocarbonyl (C=S) groups is 1. The van der Waals surface area contributed by atoms with Crippen LogP contribution in [0.5, 0.6) is 0 Å². The van der Waals surface area contributed by atoms with E-state index in [1.807, 2.05) is 30.5 Å². The molecule has 0 saturated heterocycles. The number of isothiocyanates is 1. The molecule has 0 aliphatic carbocycles. The smallest absolute Gasteiger partial charge is 0.188 e. The van der Waals surface area contributed by atoms with Crippen LogP contribution in [-0.2, 0) is 0 Å². The molecule has 0 bridgehead atoms. The third-order valence-corrected chi connectivity index (χ3v) is 3.43. The van der Waals surface area contributed by atoms with Crippen molar-refractivity contribution in [1.29, 1.82) is 0 Å². The Kier molecular flexibility index (Phi) is 6.27. The fraction of sp³-hybridized carbons (Fsp3) is 0.429. The highest BCUT2D eigenvalue weighted by Crippen LogP contribution is 2.18. The van der Waals surface area contributed by atoms with E-state index in [9.17, 15) is 4.79 Å². The number of Topliss-reactive ketones (excluding diaryl/α,β-unsaturated/α-hetero) is 1. The van der Waals surface area contributed by atoms with Crippen LogP contribution in [0.15, 0.2) is 34.2 Å². The van der Waals surface area contributed by atoms with Crippen LogP contribution in [0.3, 0.4) is 0 Å². The van der Waals surface area contributed by atoms with Gasteiger partial charge in [0.25, 0.3) is 0 Å². The zero-order valence-electron chi connectivity index (χ0n) is 10.8. The topological polar surface area (TPSA) is 29.4 Å². The molecule has 4 heteroatoms. The summed E-state index contributed by atoms with van der Waals surface area (Å²) in [5.41, 5.74) is 0.687. The van der Waals surface area contributed by atoms with Gasteiger partial charge in [0.15, 0.2) is 5.78 Å². The van der Waals surface area contributed by atoms with Crippen LogP contribution in [-0.4, -0.2) is 23.2 Å². The average molecular weight is 279 g/mol. The van der Waals surface area contributed by atoms with Gasteiger partial charge >= 0.3 is 0 Å². The molecule has 0 spiro atoms. The molecular weight excluding hydrogens is 262 g/mol. The largest absolute Gasteiger partial charge is 0.292 e. The van der Waals surface area contributed by atoms with Gasteiger partial charge in [0, 0.05) is 10.5 Å². The lowest BCUT2D eigenvalue weighted by atomic mass is 9.96. The first kappa shape index (κ1) is 15.1. The van der Waals surface area contributed by atoms with Crippen molar-refractivity contribution in [2.45, 2.75) is 31.2 Å². The number of ketones is 1. The first-order chi connectivity index (χ1) is 8.58. The first-order valence-corrected chi connectivity index (χ1v) is 7.47. The van der Waals surface area contributed by atoms with Gasteiger partial charge in [0.05, 0.1) is 5.16 Å². The Balaban J connectivity index is 2.90. The number of thioether (sulfide) groups is 1. The average Bonchev–Trinajstić information content (AvgIpc) is 2.37. The molecule has 1 unspecified atom stereocenters. The Labute approximate surface area is 118 Å². The molecule has 0 saturated carbocycles. The third-order valence-electron chi connectivity index (χ3n) is 2.58. The quantitative estimate of drug-likeness (QED) is 0.340. The minimum atomic E-state index is -0.400. The molecule has 0 aromatic heterocycles. The van der Waals surface area contributed by atoms with Gasteiger partial charge in [-0.25, -0.2) is 4.99 Å². The molecule has 0 fully saturated rings. The monoisotopic (exact) mass is 279 g/mol. The summed E-state index contributed by atoms with van der Waals surface area (Å²) in [5.74, 6) is 0.422. The van der Waals surface area contributed by atoms with Gasteiger partial charge in [-0.3, -0.25) is 4.79 Å². The fourth-order valence-corrected chi connectivity index (χ4v) is 2.21. The van der Waals surface area contributed by atoms with Crippen molar-refractivity contribution in [3.05, 3.63) is 29.8 Å². The predicted octanol–water partition coefficient (Wildman–Crippen LogP) is 4.11. The van der Waals surface area contributed by atoms with E-state index in [1.54, 1.807) is 11.8 Å². The summed E-state index contributed by atoms with van der Waals surface area (Å²) in [5, 5.41) is 2.33. The molecule has 96 valence electrons. The maximum absolute atomic E-state index is 12.3. The second kappa shape index (κ2) is 7.47. The lowest BCUT2D eigenvalue weighted by Crippen LogP contribution is -2.20. The Morgan fingerprint density at radius 3 is 2.44 bits per heavy atom. The standard InChI is InChI=1S/C14H17NOS2/c1-10(2)8-13(15-9-17)14(16)11-4-6-12(18-3)7-5-11/h4-7,10,13H,8H2,1-3H3. The summed E-state index contributed by atoms with van der Waals surface area (Å²) < 4.78 is 0. The van der Waals surface area contributed by atoms with E-state index in [1.165, 1.54) is 0 Å². The summed E-state index contributed by atoms with van der Waals surface area (Å²) >= 11 is 6.27. The molecule has 2 nitrogen and oxygen atoms in total. The van der Waals surface area contributed by atoms with Crippen molar-refractivity contribution >= 4 is 34.9 Å². The molecule has 1 aromatic carbocycles.